The fraction of sp³-hybridized carbons (Fsp3) is 0. The average molecular weight is 309 g/mol. The first-order valence-corrected chi connectivity index (χ1v) is 7.86. The Morgan fingerprint density at radius 2 is 1.38 bits per heavy atom. The van der Waals surface area contributed by atoms with Crippen molar-refractivity contribution < 1.29 is 4.79 Å². The zero-order valence-electron chi connectivity index (χ0n) is 13.0. The van der Waals surface area contributed by atoms with Crippen LogP contribution in [0.2, 0.25) is 0 Å². The monoisotopic (exact) mass is 309 g/mol. The molecule has 0 spiro atoms. The minimum atomic E-state index is 0.0137. The molecule has 0 bridgehead atoms. The Hall–Kier alpha value is -3.26. The predicted octanol–water partition coefficient (Wildman–Crippen LogP) is 5.28. The SMILES string of the molecule is O=C(C=Cc1ccncc1)c1c2ccccc2cc2ccccc12. The highest BCUT2D eigenvalue weighted by Crippen LogP contribution is 2.29. The number of nitrogens with zero attached hydrogens (tertiary/aromatic N) is 1. The molecule has 1 heterocycles. The van der Waals surface area contributed by atoms with Crippen LogP contribution in [0.3, 0.4) is 0 Å². The lowest BCUT2D eigenvalue weighted by molar-refractivity contribution is 0.105. The van der Waals surface area contributed by atoms with E-state index in [1.165, 1.54) is 0 Å². The molecule has 2 nitrogen and oxygen atoms in total. The van der Waals surface area contributed by atoms with Gasteiger partial charge in [0.05, 0.1) is 0 Å². The van der Waals surface area contributed by atoms with E-state index < -0.39 is 0 Å². The minimum Gasteiger partial charge on any atom is -0.289 e. The van der Waals surface area contributed by atoms with E-state index in [-0.39, 0.29) is 5.78 Å². The van der Waals surface area contributed by atoms with Crippen molar-refractivity contribution >= 4 is 33.4 Å². The molecular formula is C22H15NO. The second-order valence-electron chi connectivity index (χ2n) is 5.67. The van der Waals surface area contributed by atoms with Gasteiger partial charge in [-0.25, -0.2) is 0 Å². The van der Waals surface area contributed by atoms with Gasteiger partial charge in [-0.1, -0.05) is 54.6 Å². The smallest absolute Gasteiger partial charge is 0.187 e. The molecule has 0 aliphatic carbocycles. The molecule has 0 N–H and O–H groups in total. The maximum absolute atomic E-state index is 12.9. The van der Waals surface area contributed by atoms with E-state index in [4.69, 9.17) is 0 Å². The summed E-state index contributed by atoms with van der Waals surface area (Å²) in [5.74, 6) is 0.0137. The molecule has 2 heteroatoms. The number of hydrogen-bond acceptors (Lipinski definition) is 2. The standard InChI is InChI=1S/C22H15NO/c24-21(10-9-16-11-13-23-14-12-16)22-19-7-3-1-5-17(19)15-18-6-2-4-8-20(18)22/h1-15H. The van der Waals surface area contributed by atoms with E-state index in [1.54, 1.807) is 18.5 Å². The number of carbonyl (C=O) groups is 1. The van der Waals surface area contributed by atoms with E-state index in [0.717, 1.165) is 32.7 Å². The number of hydrogen-bond donors (Lipinski definition) is 0. The van der Waals surface area contributed by atoms with Crippen LogP contribution in [-0.4, -0.2) is 10.8 Å². The van der Waals surface area contributed by atoms with Gasteiger partial charge in [-0.15, -0.1) is 0 Å². The summed E-state index contributed by atoms with van der Waals surface area (Å²) in [7, 11) is 0. The molecule has 0 radical (unpaired) electrons. The summed E-state index contributed by atoms with van der Waals surface area (Å²) in [5.41, 5.74) is 1.72. The molecular weight excluding hydrogens is 294 g/mol. The number of ketones is 1. The summed E-state index contributed by atoms with van der Waals surface area (Å²) in [4.78, 5) is 16.9. The van der Waals surface area contributed by atoms with E-state index in [2.05, 4.69) is 11.1 Å². The highest BCUT2D eigenvalue weighted by Gasteiger charge is 2.12. The molecule has 0 unspecified atom stereocenters. The van der Waals surface area contributed by atoms with Crippen LogP contribution in [-0.2, 0) is 0 Å². The normalized spacial score (nSPS) is 11.3. The number of allylic oxidation sites excluding steroid dienone is 1. The Morgan fingerprint density at radius 1 is 0.792 bits per heavy atom. The number of aromatic nitrogens is 1. The van der Waals surface area contributed by atoms with Crippen molar-refractivity contribution in [3.05, 3.63) is 96.3 Å². The van der Waals surface area contributed by atoms with Crippen LogP contribution in [0.15, 0.2) is 85.2 Å². The Labute approximate surface area is 140 Å². The molecule has 0 saturated heterocycles. The number of fused-ring (bicyclic) bond motifs is 2. The summed E-state index contributed by atoms with van der Waals surface area (Å²) in [6.45, 7) is 0. The second-order valence-corrected chi connectivity index (χ2v) is 5.67. The summed E-state index contributed by atoms with van der Waals surface area (Å²) in [5, 5.41) is 4.13. The van der Waals surface area contributed by atoms with Crippen molar-refractivity contribution in [2.45, 2.75) is 0 Å². The van der Waals surface area contributed by atoms with Gasteiger partial charge in [0.2, 0.25) is 0 Å². The quantitative estimate of drug-likeness (QED) is 0.292. The predicted molar refractivity (Wildman–Crippen MR) is 99.1 cm³/mol. The third-order valence-electron chi connectivity index (χ3n) is 4.15. The second kappa shape index (κ2) is 6.09. The van der Waals surface area contributed by atoms with Gasteiger partial charge in [-0.05, 0) is 51.4 Å². The fourth-order valence-electron chi connectivity index (χ4n) is 3.01. The van der Waals surface area contributed by atoms with Crippen LogP contribution in [0.4, 0.5) is 0 Å². The van der Waals surface area contributed by atoms with Gasteiger partial charge < -0.3 is 0 Å². The molecule has 0 aliphatic rings. The van der Waals surface area contributed by atoms with Gasteiger partial charge >= 0.3 is 0 Å². The molecule has 1 aromatic heterocycles. The molecule has 0 saturated carbocycles. The van der Waals surface area contributed by atoms with E-state index in [0.29, 0.717) is 0 Å². The summed E-state index contributed by atoms with van der Waals surface area (Å²) >= 11 is 0. The van der Waals surface area contributed by atoms with Crippen LogP contribution in [0.1, 0.15) is 15.9 Å². The third kappa shape index (κ3) is 2.59. The van der Waals surface area contributed by atoms with Crippen molar-refractivity contribution in [3.8, 4) is 0 Å². The van der Waals surface area contributed by atoms with Crippen molar-refractivity contribution in [1.82, 2.24) is 4.98 Å². The van der Waals surface area contributed by atoms with Gasteiger partial charge in [-0.3, -0.25) is 9.78 Å². The zero-order chi connectivity index (χ0) is 16.4. The van der Waals surface area contributed by atoms with Gasteiger partial charge in [0.1, 0.15) is 0 Å². The van der Waals surface area contributed by atoms with E-state index in [1.807, 2.05) is 66.7 Å². The van der Waals surface area contributed by atoms with Crippen molar-refractivity contribution in [2.75, 3.05) is 0 Å². The lowest BCUT2D eigenvalue weighted by atomic mass is 9.94. The molecule has 0 atom stereocenters. The van der Waals surface area contributed by atoms with Crippen LogP contribution in [0.5, 0.6) is 0 Å². The number of rotatable bonds is 3. The van der Waals surface area contributed by atoms with Gasteiger partial charge in [0, 0.05) is 18.0 Å². The first kappa shape index (κ1) is 14.3. The van der Waals surface area contributed by atoms with Gasteiger partial charge in [0.15, 0.2) is 5.78 Å². The molecule has 0 aliphatic heterocycles. The van der Waals surface area contributed by atoms with Crippen LogP contribution in [0, 0.1) is 0 Å². The third-order valence-corrected chi connectivity index (χ3v) is 4.15. The molecule has 4 aromatic rings. The average Bonchev–Trinajstić information content (AvgIpc) is 2.65. The topological polar surface area (TPSA) is 30.0 Å². The Morgan fingerprint density at radius 3 is 2.00 bits per heavy atom. The van der Waals surface area contributed by atoms with Crippen molar-refractivity contribution in [2.24, 2.45) is 0 Å². The first-order chi connectivity index (χ1) is 11.8. The molecule has 4 rings (SSSR count). The van der Waals surface area contributed by atoms with Crippen LogP contribution in [0.25, 0.3) is 27.6 Å². The maximum Gasteiger partial charge on any atom is 0.187 e. The lowest BCUT2D eigenvalue weighted by Gasteiger charge is -2.09. The highest BCUT2D eigenvalue weighted by molar-refractivity contribution is 6.23. The first-order valence-electron chi connectivity index (χ1n) is 7.86. The number of benzene rings is 3. The maximum atomic E-state index is 12.9. The van der Waals surface area contributed by atoms with Crippen molar-refractivity contribution in [1.29, 1.82) is 0 Å². The molecule has 0 amide bonds. The molecule has 24 heavy (non-hydrogen) atoms. The van der Waals surface area contributed by atoms with Crippen LogP contribution >= 0.6 is 0 Å². The lowest BCUT2D eigenvalue weighted by Crippen LogP contribution is -1.98. The van der Waals surface area contributed by atoms with Gasteiger partial charge in [-0.2, -0.15) is 0 Å². The molecule has 3 aromatic carbocycles. The minimum absolute atomic E-state index is 0.0137. The fourth-order valence-corrected chi connectivity index (χ4v) is 3.01. The number of pyridine rings is 1. The zero-order valence-corrected chi connectivity index (χ0v) is 13.0. The molecule has 114 valence electrons. The Balaban J connectivity index is 1.90. The molecule has 0 fully saturated rings. The van der Waals surface area contributed by atoms with Gasteiger partial charge in [0.25, 0.3) is 0 Å². The highest BCUT2D eigenvalue weighted by atomic mass is 16.1. The summed E-state index contributed by atoms with van der Waals surface area (Å²) in [6.07, 6.45) is 6.92. The van der Waals surface area contributed by atoms with E-state index >= 15 is 0 Å². The number of carbonyl (C=O) groups excluding carboxylic acids is 1. The Kier molecular flexibility index (Phi) is 3.64. The van der Waals surface area contributed by atoms with Crippen molar-refractivity contribution in [3.63, 3.8) is 0 Å². The Bertz CT molecular complexity index is 1010. The summed E-state index contributed by atoms with van der Waals surface area (Å²) < 4.78 is 0. The van der Waals surface area contributed by atoms with E-state index in [9.17, 15) is 4.79 Å². The summed E-state index contributed by atoms with van der Waals surface area (Å²) in [6, 6.07) is 21.9. The largest absolute Gasteiger partial charge is 0.289 e. The van der Waals surface area contributed by atoms with Crippen LogP contribution < -0.4 is 0 Å².